The van der Waals surface area contributed by atoms with Gasteiger partial charge in [0, 0.05) is 25.7 Å². The molecule has 188 valence electrons. The van der Waals surface area contributed by atoms with E-state index in [4.69, 9.17) is 4.74 Å². The van der Waals surface area contributed by atoms with Gasteiger partial charge in [0.05, 0.1) is 12.5 Å². The Morgan fingerprint density at radius 3 is 2.18 bits per heavy atom. The van der Waals surface area contributed by atoms with E-state index in [9.17, 15) is 21.2 Å². The van der Waals surface area contributed by atoms with Crippen molar-refractivity contribution in [3.63, 3.8) is 0 Å². The van der Waals surface area contributed by atoms with Crippen molar-refractivity contribution in [3.8, 4) is 5.75 Å². The van der Waals surface area contributed by atoms with E-state index < -0.39 is 26.1 Å². The molecule has 8 nitrogen and oxygen atoms in total. The number of aromatic nitrogens is 1. The van der Waals surface area contributed by atoms with E-state index in [0.29, 0.717) is 37.2 Å². The van der Waals surface area contributed by atoms with E-state index in [1.807, 2.05) is 13.8 Å². The van der Waals surface area contributed by atoms with Crippen LogP contribution >= 0.6 is 0 Å². The highest BCUT2D eigenvalue weighted by molar-refractivity contribution is 7.89. The lowest BCUT2D eigenvalue weighted by Gasteiger charge is -2.31. The minimum Gasteiger partial charge on any atom is -0.489 e. The van der Waals surface area contributed by atoms with E-state index in [-0.39, 0.29) is 29.4 Å². The molecule has 2 aromatic rings. The van der Waals surface area contributed by atoms with Crippen LogP contribution in [0.5, 0.6) is 5.75 Å². The number of benzene rings is 1. The smallest absolute Gasteiger partial charge is 0.261 e. The molecule has 0 bridgehead atoms. The number of sulfonamides is 2. The van der Waals surface area contributed by atoms with Crippen molar-refractivity contribution in [2.45, 2.75) is 50.8 Å². The summed E-state index contributed by atoms with van der Waals surface area (Å²) in [6.45, 7) is 6.68. The van der Waals surface area contributed by atoms with Crippen LogP contribution in [0.1, 0.15) is 45.2 Å². The predicted molar refractivity (Wildman–Crippen MR) is 128 cm³/mol. The first-order chi connectivity index (χ1) is 15.9. The molecule has 1 aromatic heterocycles. The predicted octanol–water partition coefficient (Wildman–Crippen LogP) is 3.43. The van der Waals surface area contributed by atoms with Gasteiger partial charge in [0.1, 0.15) is 17.7 Å². The third-order valence-corrected chi connectivity index (χ3v) is 8.94. The van der Waals surface area contributed by atoms with Crippen molar-refractivity contribution in [2.75, 3.05) is 25.9 Å². The highest BCUT2D eigenvalue weighted by Gasteiger charge is 2.32. The van der Waals surface area contributed by atoms with Gasteiger partial charge in [-0.05, 0) is 55.5 Å². The molecule has 0 amide bonds. The molecular formula is C23H32FN3O5S2. The van der Waals surface area contributed by atoms with Crippen molar-refractivity contribution in [2.24, 2.45) is 5.92 Å². The lowest BCUT2D eigenvalue weighted by Crippen LogP contribution is -2.41. The minimum atomic E-state index is -3.93. The maximum Gasteiger partial charge on any atom is 0.261 e. The van der Waals surface area contributed by atoms with Crippen molar-refractivity contribution in [1.82, 2.24) is 13.6 Å². The molecule has 0 spiro atoms. The quantitative estimate of drug-likeness (QED) is 0.510. The highest BCUT2D eigenvalue weighted by Crippen LogP contribution is 2.29. The van der Waals surface area contributed by atoms with Crippen LogP contribution in [0.25, 0.3) is 0 Å². The van der Waals surface area contributed by atoms with Crippen LogP contribution < -0.4 is 4.74 Å². The zero-order valence-electron chi connectivity index (χ0n) is 19.9. The van der Waals surface area contributed by atoms with Gasteiger partial charge in [-0.15, -0.1) is 0 Å². The van der Waals surface area contributed by atoms with Gasteiger partial charge in [-0.25, -0.2) is 30.5 Å². The molecule has 1 aromatic carbocycles. The van der Waals surface area contributed by atoms with Gasteiger partial charge in [0.25, 0.3) is 10.0 Å². The number of rotatable bonds is 9. The van der Waals surface area contributed by atoms with E-state index in [1.165, 1.54) is 39.3 Å². The summed E-state index contributed by atoms with van der Waals surface area (Å²) < 4.78 is 72.3. The zero-order valence-corrected chi connectivity index (χ0v) is 21.5. The Balaban J connectivity index is 1.74. The number of piperidine rings is 1. The molecule has 34 heavy (non-hydrogen) atoms. The molecule has 1 saturated heterocycles. The molecule has 3 rings (SSSR count). The molecule has 2 heterocycles. The standard InChI is InChI=1S/C23H32FN3O5S2/c1-17(2)16-27(18(3)19-5-7-20(24)8-6-19)34(30,31)23-10-9-22(15-25-23)32-21-11-13-26(14-12-21)33(4,28)29/h5-10,15,17-18,21H,11-14,16H2,1-4H3. The van der Waals surface area contributed by atoms with Crippen LogP contribution in [0, 0.1) is 11.7 Å². The maximum atomic E-state index is 13.5. The van der Waals surface area contributed by atoms with Crippen molar-refractivity contribution < 1.29 is 26.0 Å². The second-order valence-electron chi connectivity index (χ2n) is 9.01. The third kappa shape index (κ3) is 6.53. The van der Waals surface area contributed by atoms with Crippen molar-refractivity contribution in [1.29, 1.82) is 0 Å². The van der Waals surface area contributed by atoms with Gasteiger partial charge >= 0.3 is 0 Å². The van der Waals surface area contributed by atoms with Crippen molar-refractivity contribution >= 4 is 20.0 Å². The largest absolute Gasteiger partial charge is 0.489 e. The summed E-state index contributed by atoms with van der Waals surface area (Å²) in [6, 6.07) is 8.28. The second kappa shape index (κ2) is 10.7. The lowest BCUT2D eigenvalue weighted by atomic mass is 10.1. The summed E-state index contributed by atoms with van der Waals surface area (Å²) in [4.78, 5) is 4.17. The van der Waals surface area contributed by atoms with Crippen LogP contribution in [-0.2, 0) is 20.0 Å². The molecule has 1 fully saturated rings. The molecular weight excluding hydrogens is 481 g/mol. The normalized spacial score (nSPS) is 17.3. The molecule has 0 radical (unpaired) electrons. The number of pyridine rings is 1. The molecule has 1 aliphatic rings. The number of hydrogen-bond acceptors (Lipinski definition) is 6. The first-order valence-electron chi connectivity index (χ1n) is 11.2. The number of nitrogens with zero attached hydrogens (tertiary/aromatic N) is 3. The van der Waals surface area contributed by atoms with Gasteiger partial charge in [-0.3, -0.25) is 0 Å². The van der Waals surface area contributed by atoms with Crippen LogP contribution in [0.4, 0.5) is 4.39 Å². The summed E-state index contributed by atoms with van der Waals surface area (Å²) >= 11 is 0. The Morgan fingerprint density at radius 1 is 1.06 bits per heavy atom. The first-order valence-corrected chi connectivity index (χ1v) is 14.5. The zero-order chi connectivity index (χ0) is 25.1. The molecule has 1 unspecified atom stereocenters. The maximum absolute atomic E-state index is 13.5. The Kier molecular flexibility index (Phi) is 8.33. The Bertz CT molecular complexity index is 1160. The highest BCUT2D eigenvalue weighted by atomic mass is 32.2. The summed E-state index contributed by atoms with van der Waals surface area (Å²) in [5.41, 5.74) is 0.686. The van der Waals surface area contributed by atoms with Gasteiger partial charge in [0.2, 0.25) is 10.0 Å². The van der Waals surface area contributed by atoms with Crippen LogP contribution in [-0.4, -0.2) is 62.4 Å². The van der Waals surface area contributed by atoms with Gasteiger partial charge in [-0.2, -0.15) is 4.31 Å². The molecule has 1 atom stereocenters. The van der Waals surface area contributed by atoms with Crippen LogP contribution in [0.2, 0.25) is 0 Å². The first kappa shape index (κ1) is 26.5. The van der Waals surface area contributed by atoms with Gasteiger partial charge in [0.15, 0.2) is 5.03 Å². The minimum absolute atomic E-state index is 0.0677. The Hall–Kier alpha value is -2.08. The fourth-order valence-corrected chi connectivity index (χ4v) is 6.49. The average molecular weight is 514 g/mol. The topological polar surface area (TPSA) is 96.9 Å². The van der Waals surface area contributed by atoms with Crippen LogP contribution in [0.15, 0.2) is 47.6 Å². The van der Waals surface area contributed by atoms with Crippen LogP contribution in [0.3, 0.4) is 0 Å². The van der Waals surface area contributed by atoms with Crippen molar-refractivity contribution in [3.05, 3.63) is 54.0 Å². The van der Waals surface area contributed by atoms with E-state index in [1.54, 1.807) is 25.1 Å². The Morgan fingerprint density at radius 2 is 1.68 bits per heavy atom. The molecule has 0 N–H and O–H groups in total. The SMILES string of the molecule is CC(C)CN(C(C)c1ccc(F)cc1)S(=O)(=O)c1ccc(OC2CCN(S(C)(=O)=O)CC2)cn1. The fraction of sp³-hybridized carbons (Fsp3) is 0.522. The van der Waals surface area contributed by atoms with E-state index in [2.05, 4.69) is 4.98 Å². The Labute approximate surface area is 201 Å². The van der Waals surface area contributed by atoms with Gasteiger partial charge < -0.3 is 4.74 Å². The lowest BCUT2D eigenvalue weighted by molar-refractivity contribution is 0.135. The molecule has 11 heteroatoms. The molecule has 1 aliphatic heterocycles. The molecule has 0 aliphatic carbocycles. The fourth-order valence-electron chi connectivity index (χ4n) is 3.92. The molecule has 0 saturated carbocycles. The average Bonchev–Trinajstić information content (AvgIpc) is 2.77. The number of hydrogen-bond donors (Lipinski definition) is 0. The summed E-state index contributed by atoms with van der Waals surface area (Å²) in [6.07, 6.45) is 3.50. The van der Waals surface area contributed by atoms with E-state index in [0.717, 1.165) is 0 Å². The summed E-state index contributed by atoms with van der Waals surface area (Å²) in [5.74, 6) is 0.116. The van der Waals surface area contributed by atoms with Gasteiger partial charge in [-0.1, -0.05) is 26.0 Å². The third-order valence-electron chi connectivity index (χ3n) is 5.78. The summed E-state index contributed by atoms with van der Waals surface area (Å²) in [5, 5.41) is -0.0960. The monoisotopic (exact) mass is 513 g/mol. The summed E-state index contributed by atoms with van der Waals surface area (Å²) in [7, 11) is -7.14. The number of ether oxygens (including phenoxy) is 1. The van der Waals surface area contributed by atoms with E-state index >= 15 is 0 Å². The second-order valence-corrected chi connectivity index (χ2v) is 12.8. The number of halogens is 1.